The van der Waals surface area contributed by atoms with E-state index in [1.165, 1.54) is 31.2 Å². The van der Waals surface area contributed by atoms with Gasteiger partial charge in [0.05, 0.1) is 0 Å². The van der Waals surface area contributed by atoms with Gasteiger partial charge in [0.15, 0.2) is 0 Å². The fraction of sp³-hybridized carbons (Fsp3) is 0.533. The molecule has 98 valence electrons. The first kappa shape index (κ1) is 13.6. The van der Waals surface area contributed by atoms with Gasteiger partial charge in [-0.15, -0.1) is 0 Å². The summed E-state index contributed by atoms with van der Waals surface area (Å²) in [5, 5.41) is 0. The predicted molar refractivity (Wildman–Crippen MR) is 77.2 cm³/mol. The van der Waals surface area contributed by atoms with Crippen LogP contribution in [0, 0.1) is 5.92 Å². The van der Waals surface area contributed by atoms with Gasteiger partial charge in [0.2, 0.25) is 5.91 Å². The van der Waals surface area contributed by atoms with Gasteiger partial charge >= 0.3 is 0 Å². The summed E-state index contributed by atoms with van der Waals surface area (Å²) in [6.07, 6.45) is 5.80. The van der Waals surface area contributed by atoms with E-state index in [0.29, 0.717) is 12.5 Å². The third-order valence-corrected chi connectivity index (χ3v) is 4.23. The number of nitrogens with zero attached hydrogens (tertiary/aromatic N) is 1. The molecule has 0 aromatic heterocycles. The van der Waals surface area contributed by atoms with Crippen molar-refractivity contribution >= 4 is 21.8 Å². The lowest BCUT2D eigenvalue weighted by molar-refractivity contribution is -0.131. The van der Waals surface area contributed by atoms with Gasteiger partial charge in [-0.05, 0) is 36.5 Å². The van der Waals surface area contributed by atoms with Crippen molar-refractivity contribution in [3.05, 3.63) is 34.3 Å². The molecule has 0 atom stereocenters. The minimum absolute atomic E-state index is 0.282. The molecule has 0 N–H and O–H groups in total. The van der Waals surface area contributed by atoms with E-state index in [4.69, 9.17) is 0 Å². The van der Waals surface area contributed by atoms with E-state index >= 15 is 0 Å². The van der Waals surface area contributed by atoms with Gasteiger partial charge in [0.25, 0.3) is 0 Å². The molecule has 0 aliphatic heterocycles. The smallest absolute Gasteiger partial charge is 0.222 e. The lowest BCUT2D eigenvalue weighted by atomic mass is 10.0. The van der Waals surface area contributed by atoms with Crippen LogP contribution in [0.4, 0.5) is 0 Å². The summed E-state index contributed by atoms with van der Waals surface area (Å²) in [5.74, 6) is 0.912. The highest BCUT2D eigenvalue weighted by atomic mass is 79.9. The minimum atomic E-state index is 0.282. The van der Waals surface area contributed by atoms with Crippen molar-refractivity contribution in [3.8, 4) is 0 Å². The number of amides is 1. The lowest BCUT2D eigenvalue weighted by Crippen LogP contribution is -2.27. The molecule has 0 heterocycles. The molecule has 1 aromatic rings. The van der Waals surface area contributed by atoms with Gasteiger partial charge in [0.1, 0.15) is 0 Å². The third-order valence-electron chi connectivity index (χ3n) is 3.70. The Balaban J connectivity index is 1.84. The van der Waals surface area contributed by atoms with E-state index in [0.717, 1.165) is 10.9 Å². The highest BCUT2D eigenvalue weighted by Gasteiger charge is 2.20. The molecule has 0 unspecified atom stereocenters. The fourth-order valence-corrected chi connectivity index (χ4v) is 2.83. The summed E-state index contributed by atoms with van der Waals surface area (Å²) in [7, 11) is 1.90. The van der Waals surface area contributed by atoms with Crippen LogP contribution in [0.15, 0.2) is 28.7 Å². The number of rotatable bonds is 4. The Morgan fingerprint density at radius 1 is 1.28 bits per heavy atom. The van der Waals surface area contributed by atoms with Crippen molar-refractivity contribution in [1.82, 2.24) is 4.90 Å². The number of carbonyl (C=O) groups is 1. The van der Waals surface area contributed by atoms with E-state index in [-0.39, 0.29) is 5.91 Å². The van der Waals surface area contributed by atoms with E-state index in [2.05, 4.69) is 28.1 Å². The molecule has 1 saturated carbocycles. The molecular formula is C15H20BrNO. The van der Waals surface area contributed by atoms with Gasteiger partial charge in [-0.1, -0.05) is 40.9 Å². The number of hydrogen-bond acceptors (Lipinski definition) is 1. The Kier molecular flexibility index (Phi) is 4.81. The average Bonchev–Trinajstić information content (AvgIpc) is 2.85. The molecule has 1 aromatic carbocycles. The highest BCUT2D eigenvalue weighted by Crippen LogP contribution is 2.28. The van der Waals surface area contributed by atoms with Gasteiger partial charge in [-0.2, -0.15) is 0 Å². The van der Waals surface area contributed by atoms with Crippen molar-refractivity contribution in [2.45, 2.75) is 38.6 Å². The molecular weight excluding hydrogens is 290 g/mol. The van der Waals surface area contributed by atoms with E-state index < -0.39 is 0 Å². The van der Waals surface area contributed by atoms with Gasteiger partial charge in [-0.3, -0.25) is 4.79 Å². The maximum Gasteiger partial charge on any atom is 0.222 e. The summed E-state index contributed by atoms with van der Waals surface area (Å²) in [4.78, 5) is 13.9. The Hall–Kier alpha value is -0.830. The van der Waals surface area contributed by atoms with Crippen molar-refractivity contribution in [3.63, 3.8) is 0 Å². The Bertz CT molecular complexity index is 395. The topological polar surface area (TPSA) is 20.3 Å². The molecule has 0 bridgehead atoms. The Morgan fingerprint density at radius 2 is 1.89 bits per heavy atom. The summed E-state index contributed by atoms with van der Waals surface area (Å²) in [6, 6.07) is 8.15. The molecule has 1 aliphatic carbocycles. The largest absolute Gasteiger partial charge is 0.341 e. The first-order chi connectivity index (χ1) is 8.65. The van der Waals surface area contributed by atoms with Gasteiger partial charge < -0.3 is 4.90 Å². The maximum atomic E-state index is 12.1. The average molecular weight is 310 g/mol. The molecule has 0 radical (unpaired) electrons. The molecule has 1 aliphatic rings. The highest BCUT2D eigenvalue weighted by molar-refractivity contribution is 9.10. The number of halogens is 1. The van der Waals surface area contributed by atoms with Crippen LogP contribution in [0.2, 0.25) is 0 Å². The van der Waals surface area contributed by atoms with E-state index in [1.54, 1.807) is 0 Å². The summed E-state index contributed by atoms with van der Waals surface area (Å²) in [6.45, 7) is 0.707. The zero-order chi connectivity index (χ0) is 13.0. The number of benzene rings is 1. The number of hydrogen-bond donors (Lipinski definition) is 0. The lowest BCUT2D eigenvalue weighted by Gasteiger charge is -2.19. The fourth-order valence-electron chi connectivity index (χ4n) is 2.57. The summed E-state index contributed by atoms with van der Waals surface area (Å²) in [5.41, 5.74) is 1.18. The number of carbonyl (C=O) groups excluding carboxylic acids is 1. The van der Waals surface area contributed by atoms with Crippen LogP contribution in [0.25, 0.3) is 0 Å². The quantitative estimate of drug-likeness (QED) is 0.823. The molecule has 3 heteroatoms. The zero-order valence-corrected chi connectivity index (χ0v) is 12.4. The van der Waals surface area contributed by atoms with E-state index in [1.807, 2.05) is 24.1 Å². The molecule has 2 nitrogen and oxygen atoms in total. The second-order valence-corrected chi connectivity index (χ2v) is 6.15. The van der Waals surface area contributed by atoms with Crippen LogP contribution < -0.4 is 0 Å². The second-order valence-electron chi connectivity index (χ2n) is 5.23. The predicted octanol–water partition coefficient (Wildman–Crippen LogP) is 3.99. The summed E-state index contributed by atoms with van der Waals surface area (Å²) >= 11 is 3.42. The van der Waals surface area contributed by atoms with Crippen LogP contribution in [0.5, 0.6) is 0 Å². The van der Waals surface area contributed by atoms with Crippen molar-refractivity contribution in [1.29, 1.82) is 0 Å². The van der Waals surface area contributed by atoms with E-state index in [9.17, 15) is 4.79 Å². The standard InChI is InChI=1S/C15H20BrNO/c1-17(11-13-6-8-14(16)9-7-13)15(18)10-12-4-2-3-5-12/h6-9,12H,2-5,10-11H2,1H3. The zero-order valence-electron chi connectivity index (χ0n) is 10.9. The molecule has 1 fully saturated rings. The van der Waals surface area contributed by atoms with Gasteiger partial charge in [0, 0.05) is 24.5 Å². The van der Waals surface area contributed by atoms with Gasteiger partial charge in [-0.25, -0.2) is 0 Å². The summed E-state index contributed by atoms with van der Waals surface area (Å²) < 4.78 is 1.08. The maximum absolute atomic E-state index is 12.1. The molecule has 18 heavy (non-hydrogen) atoms. The van der Waals surface area contributed by atoms with Crippen LogP contribution in [-0.2, 0) is 11.3 Å². The van der Waals surface area contributed by atoms with Crippen molar-refractivity contribution in [2.24, 2.45) is 5.92 Å². The molecule has 2 rings (SSSR count). The SMILES string of the molecule is CN(Cc1ccc(Br)cc1)C(=O)CC1CCCC1. The van der Waals surface area contributed by atoms with Crippen LogP contribution >= 0.6 is 15.9 Å². The monoisotopic (exact) mass is 309 g/mol. The van der Waals surface area contributed by atoms with Crippen LogP contribution in [0.1, 0.15) is 37.7 Å². The minimum Gasteiger partial charge on any atom is -0.341 e. The first-order valence-corrected chi connectivity index (χ1v) is 7.43. The second kappa shape index (κ2) is 6.37. The molecule has 1 amide bonds. The van der Waals surface area contributed by atoms with Crippen LogP contribution in [-0.4, -0.2) is 17.9 Å². The third kappa shape index (κ3) is 3.84. The first-order valence-electron chi connectivity index (χ1n) is 6.63. The van der Waals surface area contributed by atoms with Crippen molar-refractivity contribution in [2.75, 3.05) is 7.05 Å². The van der Waals surface area contributed by atoms with Crippen LogP contribution in [0.3, 0.4) is 0 Å². The molecule has 0 spiro atoms. The Morgan fingerprint density at radius 3 is 2.50 bits per heavy atom. The van der Waals surface area contributed by atoms with Crippen molar-refractivity contribution < 1.29 is 4.79 Å². The normalized spacial score (nSPS) is 15.9. The Labute approximate surface area is 117 Å². The molecule has 0 saturated heterocycles.